The molecule has 3 aromatic rings. The van der Waals surface area contributed by atoms with Gasteiger partial charge in [0, 0.05) is 46.6 Å². The Morgan fingerprint density at radius 2 is 1.54 bits per heavy atom. The minimum atomic E-state index is -5.03. The van der Waals surface area contributed by atoms with Crippen LogP contribution in [0, 0.1) is 5.41 Å². The lowest BCUT2D eigenvalue weighted by molar-refractivity contribution is -0.170. The van der Waals surface area contributed by atoms with Gasteiger partial charge in [0.05, 0.1) is 16.0 Å². The lowest BCUT2D eigenvalue weighted by Gasteiger charge is -2.19. The second-order valence-corrected chi connectivity index (χ2v) is 12.0. The summed E-state index contributed by atoms with van der Waals surface area (Å²) >= 11 is 31.6. The summed E-state index contributed by atoms with van der Waals surface area (Å²) in [5.74, 6) is -3.25. The molecule has 4 rings (SSSR count). The monoisotopic (exact) mass is 665 g/mol. The van der Waals surface area contributed by atoms with E-state index in [2.05, 4.69) is 10.6 Å². The smallest absolute Gasteiger partial charge is 0.384 e. The number of amides is 2. The summed E-state index contributed by atoms with van der Waals surface area (Å²) < 4.78 is 36.6. The van der Waals surface area contributed by atoms with Crippen LogP contribution in [0.25, 0.3) is 0 Å². The maximum atomic E-state index is 13.0. The van der Waals surface area contributed by atoms with E-state index in [-0.39, 0.29) is 28.5 Å². The van der Waals surface area contributed by atoms with Gasteiger partial charge in [0.15, 0.2) is 0 Å². The molecule has 2 atom stereocenters. The van der Waals surface area contributed by atoms with Crippen molar-refractivity contribution in [2.45, 2.75) is 16.4 Å². The SMILES string of the molecule is CN(C(=O)C(F)(F)F)c1ccc(NC(=O)c2cc(NCC3(C=O)C(c4cc(Cl)cc(Cl)c4)C3(Cl)Cl)ccc2Cl)cc1. The van der Waals surface area contributed by atoms with E-state index >= 15 is 0 Å². The van der Waals surface area contributed by atoms with Crippen LogP contribution in [0.4, 0.5) is 30.2 Å². The van der Waals surface area contributed by atoms with Gasteiger partial charge < -0.3 is 20.3 Å². The number of aldehydes is 1. The van der Waals surface area contributed by atoms with Crippen molar-refractivity contribution < 1.29 is 27.6 Å². The number of halogens is 8. The summed E-state index contributed by atoms with van der Waals surface area (Å²) in [6.07, 6.45) is -4.35. The molecule has 3 aromatic carbocycles. The van der Waals surface area contributed by atoms with E-state index in [0.29, 0.717) is 32.5 Å². The summed E-state index contributed by atoms with van der Waals surface area (Å²) in [5.41, 5.74) is 0.0964. The third-order valence-electron chi connectivity index (χ3n) is 6.70. The van der Waals surface area contributed by atoms with E-state index < -0.39 is 33.7 Å². The Labute approximate surface area is 257 Å². The molecule has 0 bridgehead atoms. The van der Waals surface area contributed by atoms with Crippen LogP contribution in [0.15, 0.2) is 60.7 Å². The highest BCUT2D eigenvalue weighted by molar-refractivity contribution is 6.54. The first-order valence-corrected chi connectivity index (χ1v) is 13.6. The maximum Gasteiger partial charge on any atom is 0.471 e. The molecule has 0 heterocycles. The van der Waals surface area contributed by atoms with Crippen LogP contribution in [0.1, 0.15) is 21.8 Å². The zero-order valence-electron chi connectivity index (χ0n) is 20.8. The molecule has 1 aliphatic carbocycles. The first-order valence-electron chi connectivity index (χ1n) is 11.7. The summed E-state index contributed by atoms with van der Waals surface area (Å²) in [4.78, 5) is 37.1. The van der Waals surface area contributed by atoms with Crippen LogP contribution < -0.4 is 15.5 Å². The van der Waals surface area contributed by atoms with Gasteiger partial charge >= 0.3 is 12.1 Å². The minimum absolute atomic E-state index is 0.00656. The molecular formula is C27H19Cl5F3N3O3. The summed E-state index contributed by atoms with van der Waals surface area (Å²) in [6.45, 7) is 0.00656. The lowest BCUT2D eigenvalue weighted by atomic mass is 10.00. The number of alkyl halides is 5. The number of hydrogen-bond acceptors (Lipinski definition) is 4. The van der Waals surface area contributed by atoms with Gasteiger partial charge in [0.1, 0.15) is 10.6 Å². The molecule has 0 aromatic heterocycles. The van der Waals surface area contributed by atoms with Gasteiger partial charge in [-0.1, -0.05) is 58.0 Å². The molecule has 2 N–H and O–H groups in total. The summed E-state index contributed by atoms with van der Waals surface area (Å²) in [5, 5.41) is 6.52. The molecule has 0 saturated heterocycles. The standard InChI is InChI=1S/C27H19Cl5F3N3O3/c1-38(24(41)27(33,34)35)19-5-2-17(3-6-19)37-23(40)20-11-18(4-7-21(20)30)36-12-25(13-39)22(26(25,31)32)14-8-15(28)10-16(29)9-14/h2-11,13,22,36H,12H2,1H3,(H,37,40). The Morgan fingerprint density at radius 1 is 0.951 bits per heavy atom. The van der Waals surface area contributed by atoms with Crippen LogP contribution >= 0.6 is 58.0 Å². The number of nitrogens with zero attached hydrogens (tertiary/aromatic N) is 1. The third kappa shape index (κ3) is 6.24. The number of benzene rings is 3. The van der Waals surface area contributed by atoms with E-state index in [1.165, 1.54) is 36.4 Å². The minimum Gasteiger partial charge on any atom is -0.384 e. The van der Waals surface area contributed by atoms with Gasteiger partial charge in [0.2, 0.25) is 0 Å². The normalized spacial score (nSPS) is 19.3. The zero-order chi connectivity index (χ0) is 30.3. The molecule has 2 amide bonds. The molecule has 0 spiro atoms. The van der Waals surface area contributed by atoms with Crippen LogP contribution in [0.2, 0.25) is 15.1 Å². The number of rotatable bonds is 8. The maximum absolute atomic E-state index is 13.0. The molecule has 1 saturated carbocycles. The molecule has 41 heavy (non-hydrogen) atoms. The van der Waals surface area contributed by atoms with Gasteiger partial charge in [-0.15, -0.1) is 0 Å². The summed E-state index contributed by atoms with van der Waals surface area (Å²) in [7, 11) is 0.989. The highest BCUT2D eigenvalue weighted by atomic mass is 35.5. The topological polar surface area (TPSA) is 78.5 Å². The van der Waals surface area contributed by atoms with Crippen molar-refractivity contribution in [3.8, 4) is 0 Å². The van der Waals surface area contributed by atoms with Crippen molar-refractivity contribution in [2.24, 2.45) is 5.41 Å². The van der Waals surface area contributed by atoms with Crippen molar-refractivity contribution in [3.05, 3.63) is 86.9 Å². The van der Waals surface area contributed by atoms with Crippen molar-refractivity contribution >= 4 is 93.2 Å². The first-order chi connectivity index (χ1) is 19.1. The fraction of sp³-hybridized carbons (Fsp3) is 0.222. The lowest BCUT2D eigenvalue weighted by Crippen LogP contribution is -2.38. The van der Waals surface area contributed by atoms with Crippen LogP contribution in [-0.4, -0.2) is 42.2 Å². The van der Waals surface area contributed by atoms with E-state index in [4.69, 9.17) is 58.0 Å². The Kier molecular flexibility index (Phi) is 8.79. The Morgan fingerprint density at radius 3 is 2.10 bits per heavy atom. The predicted molar refractivity (Wildman–Crippen MR) is 156 cm³/mol. The van der Waals surface area contributed by atoms with Crippen LogP contribution in [0.5, 0.6) is 0 Å². The second-order valence-electron chi connectivity index (χ2n) is 9.33. The van der Waals surface area contributed by atoms with E-state index in [1.54, 1.807) is 24.3 Å². The highest BCUT2D eigenvalue weighted by Crippen LogP contribution is 2.73. The number of hydrogen-bond donors (Lipinski definition) is 2. The fourth-order valence-electron chi connectivity index (χ4n) is 4.46. The van der Waals surface area contributed by atoms with Gasteiger partial charge in [0.25, 0.3) is 5.91 Å². The number of anilines is 3. The quantitative estimate of drug-likeness (QED) is 0.189. The van der Waals surface area contributed by atoms with Crippen molar-refractivity contribution in [3.63, 3.8) is 0 Å². The number of carbonyl (C=O) groups is 3. The third-order valence-corrected chi connectivity index (χ3v) is 8.61. The Bertz CT molecular complexity index is 1500. The van der Waals surface area contributed by atoms with E-state index in [1.807, 2.05) is 0 Å². The van der Waals surface area contributed by atoms with Crippen molar-refractivity contribution in [2.75, 3.05) is 29.1 Å². The van der Waals surface area contributed by atoms with E-state index in [0.717, 1.165) is 7.05 Å². The molecule has 14 heteroatoms. The van der Waals surface area contributed by atoms with Gasteiger partial charge in [-0.3, -0.25) is 9.59 Å². The fourth-order valence-corrected chi connectivity index (χ4v) is 6.18. The first kappa shape index (κ1) is 31.3. The van der Waals surface area contributed by atoms with Crippen LogP contribution in [-0.2, 0) is 9.59 Å². The van der Waals surface area contributed by atoms with Crippen LogP contribution in [0.3, 0.4) is 0 Å². The molecule has 1 aliphatic rings. The molecule has 6 nitrogen and oxygen atoms in total. The Hall–Kier alpha value is -2.69. The zero-order valence-corrected chi connectivity index (χ0v) is 24.6. The average Bonchev–Trinajstić information content (AvgIpc) is 3.40. The van der Waals surface area contributed by atoms with Crippen molar-refractivity contribution in [1.82, 2.24) is 0 Å². The van der Waals surface area contributed by atoms with Crippen molar-refractivity contribution in [1.29, 1.82) is 0 Å². The molecule has 0 radical (unpaired) electrons. The van der Waals surface area contributed by atoms with E-state index in [9.17, 15) is 27.6 Å². The molecular weight excluding hydrogens is 649 g/mol. The van der Waals surface area contributed by atoms with Gasteiger partial charge in [-0.2, -0.15) is 13.2 Å². The predicted octanol–water partition coefficient (Wildman–Crippen LogP) is 7.99. The second kappa shape index (κ2) is 11.5. The molecule has 2 unspecified atom stereocenters. The average molecular weight is 668 g/mol. The molecule has 216 valence electrons. The van der Waals surface area contributed by atoms with Gasteiger partial charge in [-0.25, -0.2) is 0 Å². The number of carbonyl (C=O) groups excluding carboxylic acids is 3. The number of nitrogens with one attached hydrogen (secondary N) is 2. The Balaban J connectivity index is 1.47. The molecule has 0 aliphatic heterocycles. The van der Waals surface area contributed by atoms with Gasteiger partial charge in [-0.05, 0) is 66.2 Å². The largest absolute Gasteiger partial charge is 0.471 e. The summed E-state index contributed by atoms with van der Waals surface area (Å²) in [6, 6.07) is 14.5. The highest BCUT2D eigenvalue weighted by Gasteiger charge is 2.76. The molecule has 1 fully saturated rings.